The number of nitrogens with one attached hydrogen (secondary N) is 1. The monoisotopic (exact) mass is 440 g/mol. The maximum Gasteiger partial charge on any atom is 0.335 e. The molecule has 1 aliphatic heterocycles. The van der Waals surface area contributed by atoms with Crippen LogP contribution in [0.2, 0.25) is 0 Å². The summed E-state index contributed by atoms with van der Waals surface area (Å²) < 4.78 is 0. The number of carboxylic acid groups (broad SMARTS) is 1. The van der Waals surface area contributed by atoms with Gasteiger partial charge in [-0.05, 0) is 48.6 Å². The largest absolute Gasteiger partial charge is 0.478 e. The van der Waals surface area contributed by atoms with Crippen LogP contribution in [0.25, 0.3) is 0 Å². The summed E-state index contributed by atoms with van der Waals surface area (Å²) in [5.41, 5.74) is 2.71. The molecule has 31 heavy (non-hydrogen) atoms. The van der Waals surface area contributed by atoms with Gasteiger partial charge in [-0.3, -0.25) is 19.3 Å². The normalized spacial score (nSPS) is 15.9. The fourth-order valence-corrected chi connectivity index (χ4v) is 4.36. The number of hydrogen-bond acceptors (Lipinski definition) is 5. The standard InChI is InChI=1S/C23H24N2O5S/c1-2-15-8-10-16(11-9-15)13-19-21(27)25(23(30)31-19)12-4-7-20(26)24-18-6-3-5-17(14-18)22(28)29/h3,5-6,8-11,14,19H,2,4,7,12-13H2,1H3,(H,24,26)(H,28,29). The highest BCUT2D eigenvalue weighted by molar-refractivity contribution is 8.15. The highest BCUT2D eigenvalue weighted by Gasteiger charge is 2.39. The van der Waals surface area contributed by atoms with E-state index in [-0.39, 0.29) is 35.6 Å². The van der Waals surface area contributed by atoms with E-state index >= 15 is 0 Å². The molecule has 0 radical (unpaired) electrons. The van der Waals surface area contributed by atoms with Crippen molar-refractivity contribution in [3.05, 3.63) is 65.2 Å². The number of anilines is 1. The average Bonchev–Trinajstić information content (AvgIpc) is 3.01. The summed E-state index contributed by atoms with van der Waals surface area (Å²) in [6, 6.07) is 14.0. The van der Waals surface area contributed by atoms with Gasteiger partial charge in [-0.25, -0.2) is 4.79 Å². The maximum atomic E-state index is 12.6. The van der Waals surface area contributed by atoms with Crippen LogP contribution < -0.4 is 5.32 Å². The Morgan fingerprint density at radius 2 is 1.81 bits per heavy atom. The van der Waals surface area contributed by atoms with E-state index in [0.717, 1.165) is 23.7 Å². The molecule has 162 valence electrons. The molecule has 2 aromatic carbocycles. The predicted molar refractivity (Wildman–Crippen MR) is 119 cm³/mol. The number of aromatic carboxylic acids is 1. The Labute approximate surface area is 184 Å². The summed E-state index contributed by atoms with van der Waals surface area (Å²) in [5, 5.41) is 10.9. The molecule has 1 saturated heterocycles. The second-order valence-corrected chi connectivity index (χ2v) is 8.43. The molecule has 7 nitrogen and oxygen atoms in total. The molecule has 3 amide bonds. The van der Waals surface area contributed by atoms with Crippen molar-refractivity contribution in [2.24, 2.45) is 0 Å². The zero-order valence-electron chi connectivity index (χ0n) is 17.2. The molecule has 0 spiro atoms. The SMILES string of the molecule is CCc1ccc(CC2SC(=O)N(CCCC(=O)Nc3cccc(C(=O)O)c3)C2=O)cc1. The van der Waals surface area contributed by atoms with E-state index < -0.39 is 11.2 Å². The molecule has 1 atom stereocenters. The second kappa shape index (κ2) is 10.3. The number of hydrogen-bond donors (Lipinski definition) is 2. The van der Waals surface area contributed by atoms with Crippen molar-refractivity contribution >= 4 is 40.5 Å². The van der Waals surface area contributed by atoms with Crippen molar-refractivity contribution in [2.45, 2.75) is 37.9 Å². The lowest BCUT2D eigenvalue weighted by Gasteiger charge is -2.14. The molecule has 1 fully saturated rings. The Morgan fingerprint density at radius 1 is 1.10 bits per heavy atom. The average molecular weight is 441 g/mol. The molecule has 0 aliphatic carbocycles. The molecule has 8 heteroatoms. The van der Waals surface area contributed by atoms with E-state index in [1.807, 2.05) is 24.3 Å². The minimum atomic E-state index is -1.07. The van der Waals surface area contributed by atoms with Crippen molar-refractivity contribution in [3.63, 3.8) is 0 Å². The topological polar surface area (TPSA) is 104 Å². The first-order chi connectivity index (χ1) is 14.9. The van der Waals surface area contributed by atoms with Crippen molar-refractivity contribution in [3.8, 4) is 0 Å². The lowest BCUT2D eigenvalue weighted by atomic mass is 10.1. The Kier molecular flexibility index (Phi) is 7.46. The van der Waals surface area contributed by atoms with E-state index in [1.165, 1.54) is 22.6 Å². The van der Waals surface area contributed by atoms with Crippen LogP contribution in [0.4, 0.5) is 10.5 Å². The number of carbonyl (C=O) groups excluding carboxylic acids is 3. The number of carboxylic acids is 1. The van der Waals surface area contributed by atoms with E-state index in [9.17, 15) is 19.2 Å². The van der Waals surface area contributed by atoms with Crippen LogP contribution >= 0.6 is 11.8 Å². The molecule has 0 bridgehead atoms. The summed E-state index contributed by atoms with van der Waals surface area (Å²) in [6.45, 7) is 2.26. The van der Waals surface area contributed by atoms with Crippen LogP contribution in [0.1, 0.15) is 41.3 Å². The zero-order chi connectivity index (χ0) is 22.4. The van der Waals surface area contributed by atoms with Crippen LogP contribution in [-0.4, -0.2) is 44.8 Å². The molecule has 1 heterocycles. The predicted octanol–water partition coefficient (Wildman–Crippen LogP) is 3.97. The number of carbonyl (C=O) groups is 4. The number of rotatable bonds is 9. The molecule has 0 aromatic heterocycles. The van der Waals surface area contributed by atoms with Gasteiger partial charge < -0.3 is 10.4 Å². The van der Waals surface area contributed by atoms with Crippen LogP contribution in [-0.2, 0) is 22.4 Å². The number of benzene rings is 2. The molecular weight excluding hydrogens is 416 g/mol. The van der Waals surface area contributed by atoms with Crippen LogP contribution in [0.15, 0.2) is 48.5 Å². The van der Waals surface area contributed by atoms with Gasteiger partial charge in [-0.15, -0.1) is 0 Å². The molecular formula is C23H24N2O5S. The van der Waals surface area contributed by atoms with Gasteiger partial charge in [0.1, 0.15) is 0 Å². The molecule has 0 saturated carbocycles. The highest BCUT2D eigenvalue weighted by Crippen LogP contribution is 2.30. The summed E-state index contributed by atoms with van der Waals surface area (Å²) in [5.74, 6) is -1.60. The number of amides is 3. The minimum Gasteiger partial charge on any atom is -0.478 e. The third kappa shape index (κ3) is 5.95. The Morgan fingerprint density at radius 3 is 2.48 bits per heavy atom. The molecule has 2 aromatic rings. The molecule has 1 unspecified atom stereocenters. The van der Waals surface area contributed by atoms with E-state index in [1.54, 1.807) is 12.1 Å². The fraction of sp³-hybridized carbons (Fsp3) is 0.304. The first-order valence-electron chi connectivity index (χ1n) is 10.1. The number of imide groups is 1. The van der Waals surface area contributed by atoms with Gasteiger partial charge in [0.25, 0.3) is 5.24 Å². The van der Waals surface area contributed by atoms with E-state index in [4.69, 9.17) is 5.11 Å². The molecule has 3 rings (SSSR count). The Bertz CT molecular complexity index is 990. The maximum absolute atomic E-state index is 12.6. The van der Waals surface area contributed by atoms with Gasteiger partial charge in [0.15, 0.2) is 0 Å². The van der Waals surface area contributed by atoms with Gasteiger partial charge in [0.05, 0.1) is 10.8 Å². The number of thioether (sulfide) groups is 1. The van der Waals surface area contributed by atoms with Gasteiger partial charge >= 0.3 is 5.97 Å². The number of aryl methyl sites for hydroxylation is 1. The zero-order valence-corrected chi connectivity index (χ0v) is 18.0. The van der Waals surface area contributed by atoms with Gasteiger partial charge in [-0.1, -0.05) is 49.0 Å². The fourth-order valence-electron chi connectivity index (χ4n) is 3.31. The first-order valence-corrected chi connectivity index (χ1v) is 11.0. The Hall–Kier alpha value is -3.13. The van der Waals surface area contributed by atoms with E-state index in [0.29, 0.717) is 18.5 Å². The lowest BCUT2D eigenvalue weighted by molar-refractivity contribution is -0.127. The highest BCUT2D eigenvalue weighted by atomic mass is 32.2. The lowest BCUT2D eigenvalue weighted by Crippen LogP contribution is -2.33. The van der Waals surface area contributed by atoms with Crippen molar-refractivity contribution < 1.29 is 24.3 Å². The van der Waals surface area contributed by atoms with Crippen molar-refractivity contribution in [1.29, 1.82) is 0 Å². The summed E-state index contributed by atoms with van der Waals surface area (Å²) >= 11 is 1.03. The summed E-state index contributed by atoms with van der Waals surface area (Å²) in [6.07, 6.45) is 1.89. The van der Waals surface area contributed by atoms with Crippen LogP contribution in [0, 0.1) is 0 Å². The second-order valence-electron chi connectivity index (χ2n) is 7.27. The smallest absolute Gasteiger partial charge is 0.335 e. The van der Waals surface area contributed by atoms with E-state index in [2.05, 4.69) is 12.2 Å². The van der Waals surface area contributed by atoms with Crippen LogP contribution in [0.5, 0.6) is 0 Å². The quantitative estimate of drug-likeness (QED) is 0.611. The van der Waals surface area contributed by atoms with Gasteiger partial charge in [0.2, 0.25) is 11.8 Å². The minimum absolute atomic E-state index is 0.0819. The van der Waals surface area contributed by atoms with Crippen molar-refractivity contribution in [2.75, 3.05) is 11.9 Å². The van der Waals surface area contributed by atoms with Crippen molar-refractivity contribution in [1.82, 2.24) is 4.90 Å². The first kappa shape index (κ1) is 22.6. The number of nitrogens with zero attached hydrogens (tertiary/aromatic N) is 1. The Balaban J connectivity index is 1.48. The van der Waals surface area contributed by atoms with Gasteiger partial charge in [0, 0.05) is 18.7 Å². The molecule has 1 aliphatic rings. The van der Waals surface area contributed by atoms with Gasteiger partial charge in [-0.2, -0.15) is 0 Å². The molecule has 2 N–H and O–H groups in total. The summed E-state index contributed by atoms with van der Waals surface area (Å²) in [4.78, 5) is 49.3. The summed E-state index contributed by atoms with van der Waals surface area (Å²) in [7, 11) is 0. The third-order valence-electron chi connectivity index (χ3n) is 5.04. The third-order valence-corrected chi connectivity index (χ3v) is 6.11. The van der Waals surface area contributed by atoms with Crippen LogP contribution in [0.3, 0.4) is 0 Å².